The predicted octanol–water partition coefficient (Wildman–Crippen LogP) is 1.88. The quantitative estimate of drug-likeness (QED) is 0.710. The number of nitrogens with one attached hydrogen (secondary N) is 1. The largest absolute Gasteiger partial charge is 0.493 e. The Morgan fingerprint density at radius 2 is 1.83 bits per heavy atom. The second kappa shape index (κ2) is 10.3. The van der Waals surface area contributed by atoms with E-state index in [0.717, 1.165) is 30.1 Å². The van der Waals surface area contributed by atoms with E-state index in [1.54, 1.807) is 14.2 Å². The zero-order valence-corrected chi connectivity index (χ0v) is 17.7. The van der Waals surface area contributed by atoms with Gasteiger partial charge in [0, 0.05) is 39.3 Å². The van der Waals surface area contributed by atoms with Crippen LogP contribution in [0.5, 0.6) is 11.5 Å². The number of thiophene rings is 1. The van der Waals surface area contributed by atoms with Crippen LogP contribution in [0.1, 0.15) is 15.2 Å². The number of rotatable bonds is 8. The molecule has 1 saturated heterocycles. The third-order valence-corrected chi connectivity index (χ3v) is 5.86. The Kier molecular flexibility index (Phi) is 7.48. The van der Waals surface area contributed by atoms with Crippen LogP contribution in [0.4, 0.5) is 0 Å². The summed E-state index contributed by atoms with van der Waals surface area (Å²) in [6.07, 6.45) is 0.344. The summed E-state index contributed by atoms with van der Waals surface area (Å²) < 4.78 is 10.6. The Balaban J connectivity index is 1.41. The maximum absolute atomic E-state index is 12.6. The highest BCUT2D eigenvalue weighted by Crippen LogP contribution is 2.27. The normalized spacial score (nSPS) is 14.5. The minimum Gasteiger partial charge on any atom is -0.493 e. The molecule has 0 saturated carbocycles. The van der Waals surface area contributed by atoms with Crippen molar-refractivity contribution in [2.24, 2.45) is 0 Å². The molecule has 0 spiro atoms. The van der Waals surface area contributed by atoms with Crippen LogP contribution in [0.15, 0.2) is 35.7 Å². The van der Waals surface area contributed by atoms with Gasteiger partial charge < -0.3 is 19.7 Å². The number of carbonyl (C=O) groups is 2. The van der Waals surface area contributed by atoms with E-state index in [1.807, 2.05) is 40.6 Å². The van der Waals surface area contributed by atoms with Gasteiger partial charge in [-0.15, -0.1) is 11.3 Å². The van der Waals surface area contributed by atoms with Crippen molar-refractivity contribution < 1.29 is 19.1 Å². The minimum absolute atomic E-state index is 0.0243. The van der Waals surface area contributed by atoms with Crippen LogP contribution in [0.25, 0.3) is 0 Å². The zero-order chi connectivity index (χ0) is 20.6. The number of nitrogens with zero attached hydrogens (tertiary/aromatic N) is 2. The Labute approximate surface area is 175 Å². The van der Waals surface area contributed by atoms with Crippen molar-refractivity contribution >= 4 is 23.2 Å². The van der Waals surface area contributed by atoms with Gasteiger partial charge in [0.2, 0.25) is 5.91 Å². The fourth-order valence-electron chi connectivity index (χ4n) is 3.32. The average Bonchev–Trinajstić information content (AvgIpc) is 3.29. The van der Waals surface area contributed by atoms with Gasteiger partial charge in [-0.25, -0.2) is 0 Å². The van der Waals surface area contributed by atoms with E-state index in [1.165, 1.54) is 11.3 Å². The van der Waals surface area contributed by atoms with Crippen molar-refractivity contribution in [2.45, 2.75) is 6.42 Å². The monoisotopic (exact) mass is 417 g/mol. The van der Waals surface area contributed by atoms with Gasteiger partial charge in [-0.2, -0.15) is 0 Å². The Morgan fingerprint density at radius 3 is 2.48 bits per heavy atom. The molecule has 0 atom stereocenters. The first-order valence-electron chi connectivity index (χ1n) is 9.63. The highest BCUT2D eigenvalue weighted by molar-refractivity contribution is 7.12. The maximum Gasteiger partial charge on any atom is 0.261 e. The number of ether oxygens (including phenoxy) is 2. The summed E-state index contributed by atoms with van der Waals surface area (Å²) in [5.41, 5.74) is 0.909. The molecule has 0 bridgehead atoms. The van der Waals surface area contributed by atoms with E-state index >= 15 is 0 Å². The lowest BCUT2D eigenvalue weighted by atomic mass is 10.1. The van der Waals surface area contributed by atoms with Crippen molar-refractivity contribution in [1.29, 1.82) is 0 Å². The zero-order valence-electron chi connectivity index (χ0n) is 16.8. The van der Waals surface area contributed by atoms with E-state index in [-0.39, 0.29) is 11.8 Å². The molecular weight excluding hydrogens is 390 g/mol. The number of hydrogen-bond acceptors (Lipinski definition) is 6. The van der Waals surface area contributed by atoms with Crippen LogP contribution in [-0.2, 0) is 11.2 Å². The number of methoxy groups -OCH3 is 2. The lowest BCUT2D eigenvalue weighted by Gasteiger charge is -2.34. The number of benzene rings is 1. The third kappa shape index (κ3) is 5.71. The molecule has 7 nitrogen and oxygen atoms in total. The van der Waals surface area contributed by atoms with Gasteiger partial charge in [-0.05, 0) is 29.1 Å². The van der Waals surface area contributed by atoms with Gasteiger partial charge in [0.25, 0.3) is 5.91 Å². The molecule has 1 aromatic heterocycles. The Bertz CT molecular complexity index is 817. The topological polar surface area (TPSA) is 71.1 Å². The fourth-order valence-corrected chi connectivity index (χ4v) is 3.96. The van der Waals surface area contributed by atoms with E-state index in [9.17, 15) is 9.59 Å². The molecule has 1 aliphatic rings. The van der Waals surface area contributed by atoms with Crippen LogP contribution >= 0.6 is 11.3 Å². The molecule has 8 heteroatoms. The van der Waals surface area contributed by atoms with Crippen molar-refractivity contribution in [3.05, 3.63) is 46.2 Å². The Hall–Kier alpha value is -2.58. The molecule has 0 aliphatic carbocycles. The van der Waals surface area contributed by atoms with Gasteiger partial charge in [0.1, 0.15) is 0 Å². The molecule has 2 amide bonds. The molecule has 1 N–H and O–H groups in total. The van der Waals surface area contributed by atoms with Crippen molar-refractivity contribution in [3.63, 3.8) is 0 Å². The van der Waals surface area contributed by atoms with E-state index < -0.39 is 0 Å². The molecule has 1 fully saturated rings. The molecule has 2 aromatic rings. The first-order valence-corrected chi connectivity index (χ1v) is 10.5. The smallest absolute Gasteiger partial charge is 0.261 e. The van der Waals surface area contributed by atoms with Gasteiger partial charge >= 0.3 is 0 Å². The van der Waals surface area contributed by atoms with Crippen LogP contribution in [0.2, 0.25) is 0 Å². The molecule has 156 valence electrons. The predicted molar refractivity (Wildman–Crippen MR) is 113 cm³/mol. The van der Waals surface area contributed by atoms with E-state index in [2.05, 4.69) is 10.2 Å². The molecule has 29 heavy (non-hydrogen) atoms. The standard InChI is InChI=1S/C21H27N3O4S/c1-27-17-6-5-16(14-18(17)28-2)15-20(25)24-11-9-23(10-12-24)8-7-22-21(26)19-4-3-13-29-19/h3-6,13-14H,7-12,15H2,1-2H3,(H,22,26). The van der Waals surface area contributed by atoms with Gasteiger partial charge in [-0.1, -0.05) is 12.1 Å². The van der Waals surface area contributed by atoms with Crippen LogP contribution in [0, 0.1) is 0 Å². The summed E-state index contributed by atoms with van der Waals surface area (Å²) in [5, 5.41) is 4.84. The first-order chi connectivity index (χ1) is 14.1. The van der Waals surface area contributed by atoms with Crippen molar-refractivity contribution in [3.8, 4) is 11.5 Å². The maximum atomic E-state index is 12.6. The highest BCUT2D eigenvalue weighted by atomic mass is 32.1. The fraction of sp³-hybridized carbons (Fsp3) is 0.429. The molecule has 1 aliphatic heterocycles. The van der Waals surface area contributed by atoms with Crippen molar-refractivity contribution in [1.82, 2.24) is 15.1 Å². The first kappa shape index (κ1) is 21.1. The van der Waals surface area contributed by atoms with E-state index in [4.69, 9.17) is 9.47 Å². The number of carbonyl (C=O) groups excluding carboxylic acids is 2. The molecular formula is C21H27N3O4S. The van der Waals surface area contributed by atoms with E-state index in [0.29, 0.717) is 37.6 Å². The number of hydrogen-bond donors (Lipinski definition) is 1. The SMILES string of the molecule is COc1ccc(CC(=O)N2CCN(CCNC(=O)c3cccs3)CC2)cc1OC. The average molecular weight is 418 g/mol. The van der Waals surface area contributed by atoms with Gasteiger partial charge in [0.15, 0.2) is 11.5 Å². The summed E-state index contributed by atoms with van der Waals surface area (Å²) in [6, 6.07) is 9.26. The van der Waals surface area contributed by atoms with Crippen LogP contribution in [-0.4, -0.2) is 75.1 Å². The molecule has 2 heterocycles. The van der Waals surface area contributed by atoms with Crippen molar-refractivity contribution in [2.75, 3.05) is 53.5 Å². The second-order valence-electron chi connectivity index (χ2n) is 6.82. The molecule has 0 unspecified atom stereocenters. The lowest BCUT2D eigenvalue weighted by molar-refractivity contribution is -0.132. The summed E-state index contributed by atoms with van der Waals surface area (Å²) in [6.45, 7) is 4.42. The summed E-state index contributed by atoms with van der Waals surface area (Å²) in [5.74, 6) is 1.38. The Morgan fingerprint density at radius 1 is 1.07 bits per heavy atom. The van der Waals surface area contributed by atoms with Gasteiger partial charge in [-0.3, -0.25) is 14.5 Å². The number of amides is 2. The van der Waals surface area contributed by atoms with Crippen LogP contribution in [0.3, 0.4) is 0 Å². The third-order valence-electron chi connectivity index (χ3n) is 4.99. The minimum atomic E-state index is -0.0243. The van der Waals surface area contributed by atoms with Gasteiger partial charge in [0.05, 0.1) is 25.5 Å². The number of piperazine rings is 1. The summed E-state index contributed by atoms with van der Waals surface area (Å²) in [7, 11) is 3.18. The molecule has 1 aromatic carbocycles. The highest BCUT2D eigenvalue weighted by Gasteiger charge is 2.21. The summed E-state index contributed by atoms with van der Waals surface area (Å²) >= 11 is 1.44. The molecule has 0 radical (unpaired) electrons. The second-order valence-corrected chi connectivity index (χ2v) is 7.77. The summed E-state index contributed by atoms with van der Waals surface area (Å²) in [4.78, 5) is 29.5. The molecule has 3 rings (SSSR count). The lowest BCUT2D eigenvalue weighted by Crippen LogP contribution is -2.50. The van der Waals surface area contributed by atoms with Crippen LogP contribution < -0.4 is 14.8 Å².